The Kier molecular flexibility index (Phi) is 2.08. The van der Waals surface area contributed by atoms with Gasteiger partial charge < -0.3 is 5.11 Å². The summed E-state index contributed by atoms with van der Waals surface area (Å²) in [5, 5.41) is 9.30. The van der Waals surface area contributed by atoms with Gasteiger partial charge in [-0.1, -0.05) is 12.1 Å². The summed E-state index contributed by atoms with van der Waals surface area (Å²) in [6.07, 6.45) is 0.717. The average molecular weight is 180 g/mol. The molecule has 1 fully saturated rings. The average Bonchev–Trinajstić information content (AvgIpc) is 2.82. The van der Waals surface area contributed by atoms with Crippen molar-refractivity contribution >= 4 is 0 Å². The van der Waals surface area contributed by atoms with Crippen LogP contribution in [0.3, 0.4) is 0 Å². The molecule has 0 spiro atoms. The molecule has 2 heteroatoms. The van der Waals surface area contributed by atoms with Crippen LogP contribution in [0.4, 0.5) is 4.39 Å². The van der Waals surface area contributed by atoms with Crippen molar-refractivity contribution in [2.24, 2.45) is 5.92 Å². The molecular formula is C11H13FO. The molecule has 0 amide bonds. The van der Waals surface area contributed by atoms with Gasteiger partial charge in [0.25, 0.3) is 0 Å². The quantitative estimate of drug-likeness (QED) is 0.740. The van der Waals surface area contributed by atoms with Gasteiger partial charge >= 0.3 is 0 Å². The Bertz CT molecular complexity index is 309. The monoisotopic (exact) mass is 180 g/mol. The minimum atomic E-state index is -0.270. The van der Waals surface area contributed by atoms with Crippen LogP contribution in [0, 0.1) is 11.7 Å². The van der Waals surface area contributed by atoms with E-state index in [0.717, 1.165) is 12.0 Å². The molecule has 1 aromatic rings. The lowest BCUT2D eigenvalue weighted by molar-refractivity contribution is 0.169. The Labute approximate surface area is 77.2 Å². The highest BCUT2D eigenvalue weighted by atomic mass is 19.1. The van der Waals surface area contributed by atoms with E-state index in [-0.39, 0.29) is 11.9 Å². The van der Waals surface area contributed by atoms with Gasteiger partial charge in [-0.25, -0.2) is 4.39 Å². The highest BCUT2D eigenvalue weighted by Gasteiger charge is 2.41. The van der Waals surface area contributed by atoms with E-state index in [1.807, 2.05) is 6.07 Å². The summed E-state index contributed by atoms with van der Waals surface area (Å²) in [5.74, 6) is 0.520. The van der Waals surface area contributed by atoms with Crippen molar-refractivity contribution in [3.05, 3.63) is 35.6 Å². The molecule has 0 heterocycles. The van der Waals surface area contributed by atoms with Crippen LogP contribution >= 0.6 is 0 Å². The number of rotatable bonds is 2. The number of aliphatic hydroxyl groups is 1. The second-order valence-electron chi connectivity index (χ2n) is 3.80. The van der Waals surface area contributed by atoms with Gasteiger partial charge in [-0.15, -0.1) is 0 Å². The van der Waals surface area contributed by atoms with Crippen molar-refractivity contribution in [3.63, 3.8) is 0 Å². The molecule has 3 atom stereocenters. The van der Waals surface area contributed by atoms with E-state index in [4.69, 9.17) is 0 Å². The molecule has 0 unspecified atom stereocenters. The third-order valence-electron chi connectivity index (χ3n) is 2.74. The first-order valence-corrected chi connectivity index (χ1v) is 4.62. The Morgan fingerprint density at radius 2 is 2.31 bits per heavy atom. The van der Waals surface area contributed by atoms with Crippen LogP contribution < -0.4 is 0 Å². The summed E-state index contributed by atoms with van der Waals surface area (Å²) in [6, 6.07) is 6.66. The molecule has 1 aromatic carbocycles. The van der Waals surface area contributed by atoms with Crippen molar-refractivity contribution in [1.82, 2.24) is 0 Å². The van der Waals surface area contributed by atoms with E-state index in [1.54, 1.807) is 19.1 Å². The SMILES string of the molecule is C[C@@H](O)[C@@H]1C[C@@H]1c1cccc(F)c1. The van der Waals surface area contributed by atoms with Crippen LogP contribution in [0.1, 0.15) is 24.8 Å². The third-order valence-corrected chi connectivity index (χ3v) is 2.74. The molecule has 0 aromatic heterocycles. The van der Waals surface area contributed by atoms with Gasteiger partial charge in [-0.05, 0) is 42.9 Å². The first-order chi connectivity index (χ1) is 6.18. The van der Waals surface area contributed by atoms with Crippen LogP contribution in [0.5, 0.6) is 0 Å². The fourth-order valence-electron chi connectivity index (χ4n) is 1.87. The Hall–Kier alpha value is -0.890. The highest BCUT2D eigenvalue weighted by Crippen LogP contribution is 2.49. The molecular weight excluding hydrogens is 167 g/mol. The van der Waals surface area contributed by atoms with Gasteiger partial charge in [0.15, 0.2) is 0 Å². The number of benzene rings is 1. The van der Waals surface area contributed by atoms with Crippen LogP contribution in [-0.2, 0) is 0 Å². The summed E-state index contributed by atoms with van der Waals surface area (Å²) in [4.78, 5) is 0. The minimum absolute atomic E-state index is 0.186. The highest BCUT2D eigenvalue weighted by molar-refractivity contribution is 5.26. The standard InChI is InChI=1S/C11H13FO/c1-7(13)10-6-11(10)8-3-2-4-9(12)5-8/h2-5,7,10-11,13H,6H2,1H3/t7-,10+,11-/m1/s1. The normalized spacial score (nSPS) is 28.5. The summed E-state index contributed by atoms with van der Waals surface area (Å²) >= 11 is 0. The van der Waals surface area contributed by atoms with Crippen LogP contribution in [-0.4, -0.2) is 11.2 Å². The lowest BCUT2D eigenvalue weighted by Crippen LogP contribution is -2.03. The number of halogens is 1. The van der Waals surface area contributed by atoms with E-state index in [0.29, 0.717) is 11.8 Å². The molecule has 0 radical (unpaired) electrons. The largest absolute Gasteiger partial charge is 0.393 e. The van der Waals surface area contributed by atoms with Gasteiger partial charge in [0, 0.05) is 0 Å². The van der Waals surface area contributed by atoms with Gasteiger partial charge in [0.2, 0.25) is 0 Å². The van der Waals surface area contributed by atoms with Crippen molar-refractivity contribution in [2.75, 3.05) is 0 Å². The molecule has 1 nitrogen and oxygen atoms in total. The summed E-state index contributed by atoms with van der Waals surface area (Å²) in [7, 11) is 0. The minimum Gasteiger partial charge on any atom is -0.393 e. The fourth-order valence-corrected chi connectivity index (χ4v) is 1.87. The van der Waals surface area contributed by atoms with E-state index in [9.17, 15) is 9.50 Å². The molecule has 70 valence electrons. The van der Waals surface area contributed by atoms with Crippen LogP contribution in [0.2, 0.25) is 0 Å². The molecule has 0 aliphatic heterocycles. The predicted octanol–water partition coefficient (Wildman–Crippen LogP) is 2.31. The van der Waals surface area contributed by atoms with E-state index in [2.05, 4.69) is 0 Å². The maximum absolute atomic E-state index is 12.8. The number of hydrogen-bond donors (Lipinski definition) is 1. The molecule has 1 aliphatic rings. The summed E-state index contributed by atoms with van der Waals surface area (Å²) in [5.41, 5.74) is 1.02. The van der Waals surface area contributed by atoms with Crippen molar-refractivity contribution in [3.8, 4) is 0 Å². The van der Waals surface area contributed by atoms with Crippen molar-refractivity contribution in [2.45, 2.75) is 25.4 Å². The molecule has 1 saturated carbocycles. The lowest BCUT2D eigenvalue weighted by Gasteiger charge is -2.02. The Morgan fingerprint density at radius 3 is 2.85 bits per heavy atom. The Balaban J connectivity index is 2.12. The number of hydrogen-bond acceptors (Lipinski definition) is 1. The lowest BCUT2D eigenvalue weighted by atomic mass is 10.1. The van der Waals surface area contributed by atoms with Crippen molar-refractivity contribution < 1.29 is 9.50 Å². The van der Waals surface area contributed by atoms with Crippen LogP contribution in [0.15, 0.2) is 24.3 Å². The predicted molar refractivity (Wildman–Crippen MR) is 48.9 cm³/mol. The molecule has 0 saturated heterocycles. The maximum Gasteiger partial charge on any atom is 0.123 e. The zero-order valence-corrected chi connectivity index (χ0v) is 7.57. The van der Waals surface area contributed by atoms with E-state index < -0.39 is 0 Å². The third kappa shape index (κ3) is 1.73. The smallest absolute Gasteiger partial charge is 0.123 e. The maximum atomic E-state index is 12.8. The molecule has 2 rings (SSSR count). The second kappa shape index (κ2) is 3.11. The summed E-state index contributed by atoms with van der Waals surface area (Å²) < 4.78 is 12.8. The van der Waals surface area contributed by atoms with Gasteiger partial charge in [-0.3, -0.25) is 0 Å². The van der Waals surface area contributed by atoms with Gasteiger partial charge in [-0.2, -0.15) is 0 Å². The number of aliphatic hydroxyl groups excluding tert-OH is 1. The van der Waals surface area contributed by atoms with Gasteiger partial charge in [0.05, 0.1) is 6.10 Å². The second-order valence-corrected chi connectivity index (χ2v) is 3.80. The van der Waals surface area contributed by atoms with E-state index >= 15 is 0 Å². The fraction of sp³-hybridized carbons (Fsp3) is 0.455. The van der Waals surface area contributed by atoms with Crippen molar-refractivity contribution in [1.29, 1.82) is 0 Å². The Morgan fingerprint density at radius 1 is 1.54 bits per heavy atom. The van der Waals surface area contributed by atoms with Gasteiger partial charge in [0.1, 0.15) is 5.82 Å². The van der Waals surface area contributed by atoms with E-state index in [1.165, 1.54) is 6.07 Å². The molecule has 1 aliphatic carbocycles. The zero-order chi connectivity index (χ0) is 9.42. The summed E-state index contributed by atoms with van der Waals surface area (Å²) in [6.45, 7) is 1.80. The first kappa shape index (κ1) is 8.70. The molecule has 1 N–H and O–H groups in total. The topological polar surface area (TPSA) is 20.2 Å². The zero-order valence-electron chi connectivity index (χ0n) is 7.57. The molecule has 0 bridgehead atoms. The van der Waals surface area contributed by atoms with Crippen LogP contribution in [0.25, 0.3) is 0 Å². The first-order valence-electron chi connectivity index (χ1n) is 4.62. The molecule has 13 heavy (non-hydrogen) atoms.